The van der Waals surface area contributed by atoms with Crippen LogP contribution in [0.15, 0.2) is 0 Å². The van der Waals surface area contributed by atoms with Gasteiger partial charge in [-0.1, -0.05) is 20.3 Å². The van der Waals surface area contributed by atoms with Crippen LogP contribution >= 0.6 is 0 Å². The minimum Gasteiger partial charge on any atom is -0.339 e. The normalized spacial score (nSPS) is 26.8. The van der Waals surface area contributed by atoms with Crippen molar-refractivity contribution in [2.45, 2.75) is 26.3 Å². The van der Waals surface area contributed by atoms with Gasteiger partial charge in [0.25, 0.3) is 0 Å². The molecule has 0 aromatic rings. The molecule has 0 aliphatic carbocycles. The Morgan fingerprint density at radius 1 is 1.75 bits per heavy atom. The molecule has 0 saturated carbocycles. The van der Waals surface area contributed by atoms with Gasteiger partial charge in [0.05, 0.1) is 0 Å². The number of nitrogens with zero attached hydrogens (tertiary/aromatic N) is 1. The maximum absolute atomic E-state index is 10.7. The predicted molar refractivity (Wildman–Crippen MR) is 48.9 cm³/mol. The van der Waals surface area contributed by atoms with E-state index in [0.29, 0.717) is 12.0 Å². The lowest BCUT2D eigenvalue weighted by Crippen LogP contribution is -2.53. The zero-order valence-corrected chi connectivity index (χ0v) is 7.92. The molecule has 2 atom stereocenters. The third-order valence-electron chi connectivity index (χ3n) is 2.76. The van der Waals surface area contributed by atoms with E-state index in [0.717, 1.165) is 32.5 Å². The van der Waals surface area contributed by atoms with Crippen LogP contribution in [0.5, 0.6) is 0 Å². The van der Waals surface area contributed by atoms with Crippen LogP contribution in [-0.4, -0.2) is 37.0 Å². The summed E-state index contributed by atoms with van der Waals surface area (Å²) in [4.78, 5) is 12.6. The Morgan fingerprint density at radius 3 is 3.08 bits per heavy atom. The van der Waals surface area contributed by atoms with E-state index in [9.17, 15) is 4.79 Å². The minimum absolute atomic E-state index is 0.404. The second-order valence-corrected chi connectivity index (χ2v) is 3.50. The van der Waals surface area contributed by atoms with Crippen molar-refractivity contribution in [1.82, 2.24) is 10.2 Å². The first-order valence-electron chi connectivity index (χ1n) is 4.71. The lowest BCUT2D eigenvalue weighted by atomic mass is 9.96. The average Bonchev–Trinajstić information content (AvgIpc) is 2.16. The fourth-order valence-corrected chi connectivity index (χ4v) is 1.67. The van der Waals surface area contributed by atoms with Gasteiger partial charge < -0.3 is 10.2 Å². The molecule has 1 saturated heterocycles. The first kappa shape index (κ1) is 9.52. The Hall–Kier alpha value is -0.570. The van der Waals surface area contributed by atoms with E-state index in [1.807, 2.05) is 4.90 Å². The number of hydrogen-bond acceptors (Lipinski definition) is 2. The van der Waals surface area contributed by atoms with Crippen LogP contribution in [0.25, 0.3) is 0 Å². The molecule has 12 heavy (non-hydrogen) atoms. The van der Waals surface area contributed by atoms with Crippen LogP contribution in [0.3, 0.4) is 0 Å². The maximum atomic E-state index is 10.7. The fourth-order valence-electron chi connectivity index (χ4n) is 1.67. The topological polar surface area (TPSA) is 32.3 Å². The van der Waals surface area contributed by atoms with Crippen LogP contribution in [-0.2, 0) is 4.79 Å². The standard InChI is InChI=1S/C9H18N2O/c1-3-8(2)9-6-10-4-5-11(9)7-12/h7-10H,3-6H2,1-2H3. The van der Waals surface area contributed by atoms with Crippen LogP contribution < -0.4 is 5.32 Å². The van der Waals surface area contributed by atoms with Crippen molar-refractivity contribution < 1.29 is 4.79 Å². The molecule has 0 bridgehead atoms. The van der Waals surface area contributed by atoms with Gasteiger partial charge in [0.2, 0.25) is 6.41 Å². The Kier molecular flexibility index (Phi) is 3.53. The summed E-state index contributed by atoms with van der Waals surface area (Å²) in [6.45, 7) is 7.12. The molecule has 0 spiro atoms. The zero-order valence-electron chi connectivity index (χ0n) is 7.92. The number of piperazine rings is 1. The number of nitrogens with one attached hydrogen (secondary N) is 1. The smallest absolute Gasteiger partial charge is 0.210 e. The Balaban J connectivity index is 2.51. The van der Waals surface area contributed by atoms with Crippen molar-refractivity contribution in [3.8, 4) is 0 Å². The SMILES string of the molecule is CCC(C)C1CNCCN1C=O. The molecule has 1 amide bonds. The van der Waals surface area contributed by atoms with Gasteiger partial charge in [0.1, 0.15) is 0 Å². The van der Waals surface area contributed by atoms with Crippen LogP contribution in [0, 0.1) is 5.92 Å². The Labute approximate surface area is 74.1 Å². The molecule has 1 rings (SSSR count). The highest BCUT2D eigenvalue weighted by atomic mass is 16.1. The molecule has 1 N–H and O–H groups in total. The summed E-state index contributed by atoms with van der Waals surface area (Å²) in [6, 6.07) is 0.404. The summed E-state index contributed by atoms with van der Waals surface area (Å²) in [7, 11) is 0. The molecule has 1 aliphatic rings. The van der Waals surface area contributed by atoms with Gasteiger partial charge >= 0.3 is 0 Å². The number of hydrogen-bond donors (Lipinski definition) is 1. The molecule has 1 fully saturated rings. The van der Waals surface area contributed by atoms with Crippen LogP contribution in [0.4, 0.5) is 0 Å². The van der Waals surface area contributed by atoms with Gasteiger partial charge in [-0.25, -0.2) is 0 Å². The second kappa shape index (κ2) is 4.45. The predicted octanol–water partition coefficient (Wildman–Crippen LogP) is 0.463. The summed E-state index contributed by atoms with van der Waals surface area (Å²) in [6.07, 6.45) is 2.12. The summed E-state index contributed by atoms with van der Waals surface area (Å²) < 4.78 is 0. The molecule has 0 aromatic heterocycles. The minimum atomic E-state index is 0.404. The summed E-state index contributed by atoms with van der Waals surface area (Å²) in [5.41, 5.74) is 0. The first-order chi connectivity index (χ1) is 5.79. The van der Waals surface area contributed by atoms with Crippen molar-refractivity contribution in [1.29, 1.82) is 0 Å². The summed E-state index contributed by atoms with van der Waals surface area (Å²) in [5.74, 6) is 0.600. The van der Waals surface area contributed by atoms with Gasteiger partial charge in [-0.3, -0.25) is 4.79 Å². The van der Waals surface area contributed by atoms with Crippen LogP contribution in [0.1, 0.15) is 20.3 Å². The van der Waals surface area contributed by atoms with E-state index in [1.165, 1.54) is 0 Å². The van der Waals surface area contributed by atoms with Crippen molar-refractivity contribution in [3.63, 3.8) is 0 Å². The number of carbonyl (C=O) groups is 1. The lowest BCUT2D eigenvalue weighted by Gasteiger charge is -2.36. The highest BCUT2D eigenvalue weighted by Gasteiger charge is 2.24. The number of amides is 1. The van der Waals surface area contributed by atoms with E-state index in [-0.39, 0.29) is 0 Å². The van der Waals surface area contributed by atoms with Gasteiger partial charge in [-0.15, -0.1) is 0 Å². The molecule has 1 heterocycles. The number of carbonyl (C=O) groups excluding carboxylic acids is 1. The third-order valence-corrected chi connectivity index (χ3v) is 2.76. The van der Waals surface area contributed by atoms with Gasteiger partial charge in [0, 0.05) is 25.7 Å². The highest BCUT2D eigenvalue weighted by Crippen LogP contribution is 2.14. The van der Waals surface area contributed by atoms with Crippen molar-refractivity contribution in [2.24, 2.45) is 5.92 Å². The highest BCUT2D eigenvalue weighted by molar-refractivity contribution is 5.48. The quantitative estimate of drug-likeness (QED) is 0.624. The fraction of sp³-hybridized carbons (Fsp3) is 0.889. The molecular weight excluding hydrogens is 152 g/mol. The molecule has 1 aliphatic heterocycles. The largest absolute Gasteiger partial charge is 0.339 e. The molecule has 3 nitrogen and oxygen atoms in total. The van der Waals surface area contributed by atoms with Crippen molar-refractivity contribution in [2.75, 3.05) is 19.6 Å². The molecule has 2 unspecified atom stereocenters. The molecule has 0 radical (unpaired) electrons. The average molecular weight is 170 g/mol. The van der Waals surface area contributed by atoms with Gasteiger partial charge in [-0.05, 0) is 5.92 Å². The summed E-state index contributed by atoms with van der Waals surface area (Å²) in [5, 5.41) is 3.31. The third kappa shape index (κ3) is 1.97. The van der Waals surface area contributed by atoms with E-state index in [2.05, 4.69) is 19.2 Å². The zero-order chi connectivity index (χ0) is 8.97. The van der Waals surface area contributed by atoms with E-state index >= 15 is 0 Å². The molecule has 70 valence electrons. The monoisotopic (exact) mass is 170 g/mol. The van der Waals surface area contributed by atoms with Gasteiger partial charge in [-0.2, -0.15) is 0 Å². The van der Waals surface area contributed by atoms with E-state index in [1.54, 1.807) is 0 Å². The summed E-state index contributed by atoms with van der Waals surface area (Å²) >= 11 is 0. The van der Waals surface area contributed by atoms with Crippen LogP contribution in [0.2, 0.25) is 0 Å². The van der Waals surface area contributed by atoms with Gasteiger partial charge in [0.15, 0.2) is 0 Å². The number of rotatable bonds is 3. The molecule has 0 aromatic carbocycles. The Morgan fingerprint density at radius 2 is 2.50 bits per heavy atom. The van der Waals surface area contributed by atoms with Crippen molar-refractivity contribution >= 4 is 6.41 Å². The van der Waals surface area contributed by atoms with E-state index in [4.69, 9.17) is 0 Å². The second-order valence-electron chi connectivity index (χ2n) is 3.50. The first-order valence-corrected chi connectivity index (χ1v) is 4.71. The van der Waals surface area contributed by atoms with Crippen molar-refractivity contribution in [3.05, 3.63) is 0 Å². The maximum Gasteiger partial charge on any atom is 0.210 e. The Bertz CT molecular complexity index is 149. The van der Waals surface area contributed by atoms with E-state index < -0.39 is 0 Å². The molecule has 3 heteroatoms. The lowest BCUT2D eigenvalue weighted by molar-refractivity contribution is -0.122. The molecular formula is C9H18N2O.